The lowest BCUT2D eigenvalue weighted by atomic mass is 9.96. The quantitative estimate of drug-likeness (QED) is 0.445. The molecule has 9 heteroatoms. The van der Waals surface area contributed by atoms with Gasteiger partial charge in [0, 0.05) is 37.1 Å². The Labute approximate surface area is 211 Å². The summed E-state index contributed by atoms with van der Waals surface area (Å²) in [5.74, 6) is 2.26. The molecule has 0 fully saturated rings. The van der Waals surface area contributed by atoms with Crippen molar-refractivity contribution in [2.75, 3.05) is 0 Å². The Bertz CT molecular complexity index is 1930. The number of terminal acetylenes is 1. The van der Waals surface area contributed by atoms with Crippen LogP contribution in [0.4, 0.5) is 4.39 Å². The van der Waals surface area contributed by atoms with Gasteiger partial charge in [0.2, 0.25) is 0 Å². The molecule has 3 aliphatic heterocycles. The summed E-state index contributed by atoms with van der Waals surface area (Å²) in [7, 11) is 1.95. The Hall–Kier alpha value is -4.84. The molecule has 1 N–H and O–H groups in total. The third-order valence-electron chi connectivity index (χ3n) is 6.62. The molecule has 2 aromatic rings. The van der Waals surface area contributed by atoms with Crippen molar-refractivity contribution in [3.8, 4) is 29.6 Å². The zero-order valence-electron chi connectivity index (χ0n) is 20.5. The highest BCUT2D eigenvalue weighted by Crippen LogP contribution is 2.26. The first-order chi connectivity index (χ1) is 17.9. The molecule has 5 heterocycles. The van der Waals surface area contributed by atoms with Crippen LogP contribution in [-0.2, 0) is 20.0 Å². The van der Waals surface area contributed by atoms with E-state index < -0.39 is 5.83 Å². The molecule has 8 nitrogen and oxygen atoms in total. The maximum absolute atomic E-state index is 15.5. The predicted octanol–water partition coefficient (Wildman–Crippen LogP) is 2.78. The molecule has 0 aromatic carbocycles. The molecule has 0 saturated heterocycles. The number of aryl methyl sites for hydroxylation is 2. The molecule has 0 bridgehead atoms. The van der Waals surface area contributed by atoms with Crippen LogP contribution in [0.3, 0.4) is 0 Å². The van der Waals surface area contributed by atoms with E-state index in [4.69, 9.17) is 11.2 Å². The zero-order valence-corrected chi connectivity index (χ0v) is 20.5. The minimum Gasteiger partial charge on any atom is -0.421 e. The number of halogens is 1. The molecule has 0 amide bonds. The Balaban J connectivity index is 1.69. The van der Waals surface area contributed by atoms with Crippen LogP contribution < -0.4 is 15.4 Å². The molecule has 0 unspecified atom stereocenters. The smallest absolute Gasteiger partial charge is 0.322 e. The number of fused-ring (bicyclic) bond motifs is 2. The minimum absolute atomic E-state index is 0.0480. The number of aromatic nitrogens is 6. The lowest BCUT2D eigenvalue weighted by molar-refractivity contribution is 0.384. The fourth-order valence-electron chi connectivity index (χ4n) is 4.78. The average molecular weight is 492 g/mol. The number of nitrogens with zero attached hydrogens (tertiary/aromatic N) is 6. The van der Waals surface area contributed by atoms with E-state index in [1.165, 1.54) is 0 Å². The molecule has 0 spiro atoms. The van der Waals surface area contributed by atoms with Gasteiger partial charge in [-0.3, -0.25) is 4.99 Å². The SMILES string of the molecule is C#Cc1cc(C)c(-c2cc3c(c4c5c([nH]cnc=5n2C)=NC4)CC(F)=C(Oc2nccc(C)n2)C=3)cn1. The van der Waals surface area contributed by atoms with Gasteiger partial charge in [-0.15, -0.1) is 6.42 Å². The molecule has 0 atom stereocenters. The number of nitrogens with one attached hydrogen (secondary N) is 1. The molecular formula is C28H22FN7O. The van der Waals surface area contributed by atoms with Crippen molar-refractivity contribution in [1.82, 2.24) is 29.5 Å². The highest BCUT2D eigenvalue weighted by Gasteiger charge is 2.22. The van der Waals surface area contributed by atoms with Crippen LogP contribution in [0.15, 0.2) is 53.5 Å². The Morgan fingerprint density at radius 3 is 2.81 bits per heavy atom. The largest absolute Gasteiger partial charge is 0.421 e. The van der Waals surface area contributed by atoms with Gasteiger partial charge in [0.15, 0.2) is 5.76 Å². The van der Waals surface area contributed by atoms with E-state index in [9.17, 15) is 0 Å². The first-order valence-corrected chi connectivity index (χ1v) is 11.7. The Morgan fingerprint density at radius 2 is 2.03 bits per heavy atom. The van der Waals surface area contributed by atoms with E-state index >= 15 is 4.39 Å². The molecule has 0 saturated carbocycles. The molecule has 182 valence electrons. The average Bonchev–Trinajstić information content (AvgIpc) is 3.32. The number of aromatic amines is 1. The van der Waals surface area contributed by atoms with Crippen LogP contribution in [0.2, 0.25) is 0 Å². The topological polar surface area (TPSA) is 93.9 Å². The lowest BCUT2D eigenvalue weighted by Crippen LogP contribution is -2.21. The lowest BCUT2D eigenvalue weighted by Gasteiger charge is -2.17. The van der Waals surface area contributed by atoms with E-state index in [0.717, 1.165) is 55.0 Å². The summed E-state index contributed by atoms with van der Waals surface area (Å²) in [5.41, 5.74) is 7.16. The second kappa shape index (κ2) is 8.68. The van der Waals surface area contributed by atoms with Crippen molar-refractivity contribution in [2.24, 2.45) is 12.0 Å². The van der Waals surface area contributed by atoms with Gasteiger partial charge in [-0.1, -0.05) is 5.92 Å². The van der Waals surface area contributed by atoms with Crippen LogP contribution in [0.1, 0.15) is 28.1 Å². The maximum Gasteiger partial charge on any atom is 0.322 e. The predicted molar refractivity (Wildman–Crippen MR) is 135 cm³/mol. The van der Waals surface area contributed by atoms with Crippen molar-refractivity contribution >= 4 is 6.08 Å². The van der Waals surface area contributed by atoms with E-state index in [0.29, 0.717) is 12.2 Å². The van der Waals surface area contributed by atoms with Gasteiger partial charge in [0.25, 0.3) is 0 Å². The van der Waals surface area contributed by atoms with Crippen LogP contribution in [0, 0.1) is 36.9 Å². The Morgan fingerprint density at radius 1 is 1.16 bits per heavy atom. The minimum atomic E-state index is -0.403. The number of pyridine rings is 1. The van der Waals surface area contributed by atoms with E-state index in [2.05, 4.69) is 35.8 Å². The molecule has 6 rings (SSSR count). The van der Waals surface area contributed by atoms with Crippen LogP contribution in [0.25, 0.3) is 17.3 Å². The fourth-order valence-corrected chi connectivity index (χ4v) is 4.78. The highest BCUT2D eigenvalue weighted by atomic mass is 19.1. The Kier molecular flexibility index (Phi) is 5.30. The first kappa shape index (κ1) is 22.6. The second-order valence-electron chi connectivity index (χ2n) is 8.97. The second-order valence-corrected chi connectivity index (χ2v) is 8.97. The summed E-state index contributed by atoms with van der Waals surface area (Å²) in [5, 5.41) is 1.67. The summed E-state index contributed by atoms with van der Waals surface area (Å²) in [6.45, 7) is 4.24. The van der Waals surface area contributed by atoms with Crippen LogP contribution in [-0.4, -0.2) is 29.5 Å². The van der Waals surface area contributed by atoms with Gasteiger partial charge in [0.05, 0.1) is 23.8 Å². The van der Waals surface area contributed by atoms with Crippen LogP contribution >= 0.6 is 0 Å². The summed E-state index contributed by atoms with van der Waals surface area (Å²) in [6, 6.07) is 5.73. The van der Waals surface area contributed by atoms with E-state index in [1.54, 1.807) is 30.9 Å². The molecule has 4 aliphatic rings. The van der Waals surface area contributed by atoms with Crippen molar-refractivity contribution in [1.29, 1.82) is 0 Å². The van der Waals surface area contributed by atoms with Gasteiger partial charge >= 0.3 is 6.01 Å². The van der Waals surface area contributed by atoms with Crippen molar-refractivity contribution in [3.05, 3.63) is 98.0 Å². The van der Waals surface area contributed by atoms with Crippen molar-refractivity contribution in [2.45, 2.75) is 26.8 Å². The normalized spacial score (nSPS) is 13.5. The summed E-state index contributed by atoms with van der Waals surface area (Å²) in [4.78, 5) is 25.3. The van der Waals surface area contributed by atoms with Crippen molar-refractivity contribution in [3.63, 3.8) is 0 Å². The molecule has 1 aliphatic carbocycles. The molecular weight excluding hydrogens is 469 g/mol. The number of hydrogen-bond acceptors (Lipinski definition) is 6. The maximum atomic E-state index is 15.5. The first-order valence-electron chi connectivity index (χ1n) is 11.7. The third kappa shape index (κ3) is 3.83. The molecule has 2 aromatic heterocycles. The third-order valence-corrected chi connectivity index (χ3v) is 6.62. The van der Waals surface area contributed by atoms with Gasteiger partial charge in [-0.25, -0.2) is 24.3 Å². The van der Waals surface area contributed by atoms with Crippen molar-refractivity contribution < 1.29 is 9.13 Å². The highest BCUT2D eigenvalue weighted by molar-refractivity contribution is 5.65. The summed E-state index contributed by atoms with van der Waals surface area (Å²) >= 11 is 0. The zero-order chi connectivity index (χ0) is 25.7. The fraction of sp³-hybridized carbons (Fsp3) is 0.179. The van der Waals surface area contributed by atoms with Gasteiger partial charge < -0.3 is 14.3 Å². The van der Waals surface area contributed by atoms with Crippen LogP contribution in [0.5, 0.6) is 6.01 Å². The van der Waals surface area contributed by atoms with Gasteiger partial charge in [-0.2, -0.15) is 0 Å². The summed E-state index contributed by atoms with van der Waals surface area (Å²) in [6.07, 6.45) is 12.3. The molecule has 0 radical (unpaired) electrons. The number of rotatable bonds is 3. The summed E-state index contributed by atoms with van der Waals surface area (Å²) < 4.78 is 23.3. The van der Waals surface area contributed by atoms with E-state index in [-0.39, 0.29) is 18.2 Å². The number of ether oxygens (including phenoxy) is 1. The van der Waals surface area contributed by atoms with E-state index in [1.807, 2.05) is 37.6 Å². The number of hydrogen-bond donors (Lipinski definition) is 1. The number of H-pyrrole nitrogens is 1. The monoisotopic (exact) mass is 491 g/mol. The van der Waals surface area contributed by atoms with Gasteiger partial charge in [0.1, 0.15) is 22.5 Å². The molecule has 37 heavy (non-hydrogen) atoms. The van der Waals surface area contributed by atoms with Gasteiger partial charge in [-0.05, 0) is 60.0 Å². The number of allylic oxidation sites excluding steroid dienone is 2. The standard InChI is InChI=1S/C28H22FN7O/c1-5-18-8-15(2)20(12-31-18)23-9-17-10-24(37-28-30-7-6-16(3)35-28)22(29)11-19(17)21-13-32-26-25(21)27(36(23)4)34-14-33-26/h1,6-10,12,14H,11,13H2,2-4H3,(H,32,33,34).